The fraction of sp³-hybridized carbons (Fsp3) is 0.500. The number of halogens is 2. The van der Waals surface area contributed by atoms with Crippen LogP contribution in [0.2, 0.25) is 0 Å². The first-order chi connectivity index (χ1) is 7.61. The Morgan fingerprint density at radius 2 is 1.75 bits per heavy atom. The van der Waals surface area contributed by atoms with Gasteiger partial charge in [0.1, 0.15) is 11.6 Å². The van der Waals surface area contributed by atoms with Crippen LogP contribution in [0.25, 0.3) is 0 Å². The lowest BCUT2D eigenvalue weighted by molar-refractivity contribution is 0.00937. The molecule has 1 aromatic carbocycles. The van der Waals surface area contributed by atoms with Gasteiger partial charge in [0.2, 0.25) is 0 Å². The molecule has 0 saturated carbocycles. The van der Waals surface area contributed by atoms with E-state index >= 15 is 0 Å². The van der Waals surface area contributed by atoms with E-state index in [9.17, 15) is 13.9 Å². The number of aliphatic hydroxyl groups is 1. The van der Waals surface area contributed by atoms with E-state index in [1.165, 1.54) is 18.2 Å². The molecule has 1 fully saturated rings. The zero-order valence-electron chi connectivity index (χ0n) is 8.97. The van der Waals surface area contributed by atoms with Gasteiger partial charge in [-0.1, -0.05) is 6.07 Å². The van der Waals surface area contributed by atoms with E-state index in [1.807, 2.05) is 0 Å². The van der Waals surface area contributed by atoms with E-state index in [4.69, 9.17) is 0 Å². The average Bonchev–Trinajstić information content (AvgIpc) is 2.25. The molecule has 4 heteroatoms. The summed E-state index contributed by atoms with van der Waals surface area (Å²) in [5.41, 5.74) is -0.985. The molecule has 1 aliphatic rings. The molecule has 0 aromatic heterocycles. The predicted octanol–water partition coefficient (Wildman–Crippen LogP) is 1.62. The lowest BCUT2D eigenvalue weighted by Gasteiger charge is -2.32. The molecule has 2 rings (SSSR count). The zero-order chi connectivity index (χ0) is 11.6. The second-order valence-electron chi connectivity index (χ2n) is 4.35. The average molecular weight is 227 g/mol. The van der Waals surface area contributed by atoms with Gasteiger partial charge in [-0.3, -0.25) is 0 Å². The first-order valence-corrected chi connectivity index (χ1v) is 5.47. The molecular weight excluding hydrogens is 212 g/mol. The minimum atomic E-state index is -0.978. The molecule has 1 heterocycles. The van der Waals surface area contributed by atoms with Gasteiger partial charge in [-0.15, -0.1) is 0 Å². The van der Waals surface area contributed by atoms with Crippen LogP contribution in [0.5, 0.6) is 0 Å². The van der Waals surface area contributed by atoms with Gasteiger partial charge in [-0.05, 0) is 38.1 Å². The third kappa shape index (κ3) is 2.39. The fourth-order valence-electron chi connectivity index (χ4n) is 2.10. The summed E-state index contributed by atoms with van der Waals surface area (Å²) < 4.78 is 26.8. The van der Waals surface area contributed by atoms with Crippen LogP contribution in [-0.4, -0.2) is 23.8 Å². The number of nitrogens with one attached hydrogen (secondary N) is 1. The summed E-state index contributed by atoms with van der Waals surface area (Å²) in [5, 5.41) is 13.3. The summed E-state index contributed by atoms with van der Waals surface area (Å²) in [7, 11) is 0. The van der Waals surface area contributed by atoms with Crippen molar-refractivity contribution in [2.75, 3.05) is 13.1 Å². The monoisotopic (exact) mass is 227 g/mol. The van der Waals surface area contributed by atoms with Crippen LogP contribution in [0.4, 0.5) is 8.78 Å². The molecule has 2 nitrogen and oxygen atoms in total. The van der Waals surface area contributed by atoms with E-state index in [-0.39, 0.29) is 12.0 Å². The normalized spacial score (nSPS) is 19.7. The number of hydrogen-bond donors (Lipinski definition) is 2. The van der Waals surface area contributed by atoms with Crippen LogP contribution in [0.15, 0.2) is 18.2 Å². The van der Waals surface area contributed by atoms with Gasteiger partial charge in [-0.25, -0.2) is 8.78 Å². The molecule has 0 spiro atoms. The summed E-state index contributed by atoms with van der Waals surface area (Å²) in [4.78, 5) is 0. The summed E-state index contributed by atoms with van der Waals surface area (Å²) in [6, 6.07) is 3.78. The van der Waals surface area contributed by atoms with Crippen LogP contribution in [-0.2, 0) is 6.42 Å². The standard InChI is InChI=1S/C12H15F2NO/c13-10-2-1-3-11(14)9(10)8-12(16)4-6-15-7-5-12/h1-3,15-16H,4-8H2. The van der Waals surface area contributed by atoms with Gasteiger partial charge in [0.05, 0.1) is 5.60 Å². The molecule has 16 heavy (non-hydrogen) atoms. The van der Waals surface area contributed by atoms with Gasteiger partial charge >= 0.3 is 0 Å². The smallest absolute Gasteiger partial charge is 0.129 e. The molecular formula is C12H15F2NO. The number of hydrogen-bond acceptors (Lipinski definition) is 2. The first kappa shape index (κ1) is 11.5. The van der Waals surface area contributed by atoms with E-state index in [0.717, 1.165) is 0 Å². The van der Waals surface area contributed by atoms with Crippen LogP contribution in [0.1, 0.15) is 18.4 Å². The van der Waals surface area contributed by atoms with Crippen molar-refractivity contribution in [1.82, 2.24) is 5.32 Å². The van der Waals surface area contributed by atoms with Crippen LogP contribution >= 0.6 is 0 Å². The van der Waals surface area contributed by atoms with Crippen LogP contribution in [0.3, 0.4) is 0 Å². The summed E-state index contributed by atoms with van der Waals surface area (Å²) in [6.07, 6.45) is 1.11. The summed E-state index contributed by atoms with van der Waals surface area (Å²) in [5.74, 6) is -1.15. The van der Waals surface area contributed by atoms with E-state index < -0.39 is 17.2 Å². The van der Waals surface area contributed by atoms with Crippen molar-refractivity contribution in [3.8, 4) is 0 Å². The molecule has 1 saturated heterocycles. The number of piperidine rings is 1. The maximum atomic E-state index is 13.4. The van der Waals surface area contributed by atoms with Crippen molar-refractivity contribution >= 4 is 0 Å². The van der Waals surface area contributed by atoms with Crippen LogP contribution in [0, 0.1) is 11.6 Å². The van der Waals surface area contributed by atoms with Crippen molar-refractivity contribution in [1.29, 1.82) is 0 Å². The quantitative estimate of drug-likeness (QED) is 0.804. The highest BCUT2D eigenvalue weighted by atomic mass is 19.1. The van der Waals surface area contributed by atoms with E-state index in [1.54, 1.807) is 0 Å². The van der Waals surface area contributed by atoms with Gasteiger partial charge < -0.3 is 10.4 Å². The summed E-state index contributed by atoms with van der Waals surface area (Å²) in [6.45, 7) is 1.37. The molecule has 2 N–H and O–H groups in total. The highest BCUT2D eigenvalue weighted by Gasteiger charge is 2.31. The van der Waals surface area contributed by atoms with Crippen LogP contribution < -0.4 is 5.32 Å². The Balaban J connectivity index is 2.19. The highest BCUT2D eigenvalue weighted by molar-refractivity contribution is 5.21. The molecule has 0 amide bonds. The molecule has 0 atom stereocenters. The van der Waals surface area contributed by atoms with Gasteiger partial charge in [0.25, 0.3) is 0 Å². The molecule has 1 aromatic rings. The highest BCUT2D eigenvalue weighted by Crippen LogP contribution is 2.25. The number of benzene rings is 1. The molecule has 0 unspecified atom stereocenters. The van der Waals surface area contributed by atoms with Gasteiger partial charge in [-0.2, -0.15) is 0 Å². The Hall–Kier alpha value is -1.00. The number of rotatable bonds is 2. The largest absolute Gasteiger partial charge is 0.389 e. The van der Waals surface area contributed by atoms with Gasteiger partial charge in [0, 0.05) is 12.0 Å². The Morgan fingerprint density at radius 3 is 2.31 bits per heavy atom. The first-order valence-electron chi connectivity index (χ1n) is 5.47. The van der Waals surface area contributed by atoms with Gasteiger partial charge in [0.15, 0.2) is 0 Å². The lowest BCUT2D eigenvalue weighted by Crippen LogP contribution is -2.43. The fourth-order valence-corrected chi connectivity index (χ4v) is 2.10. The molecule has 1 aliphatic heterocycles. The Labute approximate surface area is 93.3 Å². The Morgan fingerprint density at radius 1 is 1.19 bits per heavy atom. The van der Waals surface area contributed by atoms with Crippen molar-refractivity contribution in [3.63, 3.8) is 0 Å². The molecule has 0 aliphatic carbocycles. The van der Waals surface area contributed by atoms with E-state index in [2.05, 4.69) is 5.32 Å². The Bertz CT molecular complexity index is 355. The van der Waals surface area contributed by atoms with Crippen molar-refractivity contribution < 1.29 is 13.9 Å². The lowest BCUT2D eigenvalue weighted by atomic mass is 9.86. The second-order valence-corrected chi connectivity index (χ2v) is 4.35. The molecule has 0 radical (unpaired) electrons. The molecule has 88 valence electrons. The summed E-state index contributed by atoms with van der Waals surface area (Å²) >= 11 is 0. The Kier molecular flexibility index (Phi) is 3.21. The second kappa shape index (κ2) is 4.47. The topological polar surface area (TPSA) is 32.3 Å². The van der Waals surface area contributed by atoms with Crippen molar-refractivity contribution in [2.24, 2.45) is 0 Å². The minimum absolute atomic E-state index is 0.00750. The maximum Gasteiger partial charge on any atom is 0.129 e. The predicted molar refractivity (Wildman–Crippen MR) is 57.1 cm³/mol. The van der Waals surface area contributed by atoms with Crippen molar-refractivity contribution in [2.45, 2.75) is 24.9 Å². The minimum Gasteiger partial charge on any atom is -0.389 e. The third-order valence-electron chi connectivity index (χ3n) is 3.10. The zero-order valence-corrected chi connectivity index (χ0v) is 8.97. The SMILES string of the molecule is OC1(Cc2c(F)cccc2F)CCNCC1. The molecule has 0 bridgehead atoms. The van der Waals surface area contributed by atoms with E-state index in [0.29, 0.717) is 25.9 Å². The van der Waals surface area contributed by atoms with Crippen molar-refractivity contribution in [3.05, 3.63) is 35.4 Å². The third-order valence-corrected chi connectivity index (χ3v) is 3.10. The maximum absolute atomic E-state index is 13.4.